The lowest BCUT2D eigenvalue weighted by atomic mass is 10.0. The number of hydrogen-bond donors (Lipinski definition) is 0. The highest BCUT2D eigenvalue weighted by Gasteiger charge is 2.32. The van der Waals surface area contributed by atoms with Gasteiger partial charge in [-0.3, -0.25) is 0 Å². The summed E-state index contributed by atoms with van der Waals surface area (Å²) < 4.78 is 53.7. The maximum Gasteiger partial charge on any atom is 0.573 e. The Balaban J connectivity index is 2.12. The third-order valence-corrected chi connectivity index (χ3v) is 3.32. The van der Waals surface area contributed by atoms with E-state index in [0.717, 1.165) is 42.5 Å². The average Bonchev–Trinajstić information content (AvgIpc) is 2.49. The molecule has 0 unspecified atom stereocenters. The van der Waals surface area contributed by atoms with Crippen LogP contribution < -0.4 is 4.74 Å². The topological polar surface area (TPSA) is 9.23 Å². The first kappa shape index (κ1) is 17.1. The number of benzene rings is 2. The van der Waals surface area contributed by atoms with E-state index in [2.05, 4.69) is 11.3 Å². The van der Waals surface area contributed by atoms with Crippen LogP contribution in [0.3, 0.4) is 0 Å². The SMILES string of the molecule is C=CCCCc1ccc(-c2ccc(OC(F)(F)F)c(F)c2)cc1. The highest BCUT2D eigenvalue weighted by Crippen LogP contribution is 2.29. The summed E-state index contributed by atoms with van der Waals surface area (Å²) in [7, 11) is 0. The molecule has 0 atom stereocenters. The summed E-state index contributed by atoms with van der Waals surface area (Å²) in [5.41, 5.74) is 2.37. The van der Waals surface area contributed by atoms with Gasteiger partial charge in [-0.1, -0.05) is 36.4 Å². The van der Waals surface area contributed by atoms with Gasteiger partial charge >= 0.3 is 6.36 Å². The third-order valence-electron chi connectivity index (χ3n) is 3.32. The third kappa shape index (κ3) is 5.13. The minimum Gasteiger partial charge on any atom is -0.403 e. The Kier molecular flexibility index (Phi) is 5.42. The molecule has 1 nitrogen and oxygen atoms in total. The molecule has 122 valence electrons. The lowest BCUT2D eigenvalue weighted by Crippen LogP contribution is -2.17. The van der Waals surface area contributed by atoms with Gasteiger partial charge in [0.1, 0.15) is 0 Å². The van der Waals surface area contributed by atoms with Crippen LogP contribution in [0, 0.1) is 5.82 Å². The van der Waals surface area contributed by atoms with Gasteiger partial charge in [0, 0.05) is 0 Å². The summed E-state index contributed by atoms with van der Waals surface area (Å²) in [6.45, 7) is 3.67. The molecule has 0 aliphatic carbocycles. The normalized spacial score (nSPS) is 11.3. The van der Waals surface area contributed by atoms with E-state index < -0.39 is 17.9 Å². The summed E-state index contributed by atoms with van der Waals surface area (Å²) in [6, 6.07) is 10.9. The zero-order valence-electron chi connectivity index (χ0n) is 12.4. The Morgan fingerprint density at radius 3 is 2.22 bits per heavy atom. The van der Waals surface area contributed by atoms with Crippen molar-refractivity contribution in [3.8, 4) is 16.9 Å². The number of alkyl halides is 3. The van der Waals surface area contributed by atoms with Gasteiger partial charge in [0.15, 0.2) is 11.6 Å². The Hall–Kier alpha value is -2.30. The van der Waals surface area contributed by atoms with Crippen molar-refractivity contribution in [3.05, 3.63) is 66.5 Å². The second kappa shape index (κ2) is 7.31. The lowest BCUT2D eigenvalue weighted by Gasteiger charge is -2.11. The van der Waals surface area contributed by atoms with E-state index in [1.165, 1.54) is 6.07 Å². The fourth-order valence-corrected chi connectivity index (χ4v) is 2.20. The minimum atomic E-state index is -4.91. The average molecular weight is 324 g/mol. The number of ether oxygens (including phenoxy) is 1. The van der Waals surface area contributed by atoms with Crippen molar-refractivity contribution in [2.45, 2.75) is 25.6 Å². The molecule has 2 aromatic carbocycles. The van der Waals surface area contributed by atoms with E-state index >= 15 is 0 Å². The van der Waals surface area contributed by atoms with Crippen molar-refractivity contribution in [1.29, 1.82) is 0 Å². The van der Waals surface area contributed by atoms with Crippen molar-refractivity contribution >= 4 is 0 Å². The second-order valence-electron chi connectivity index (χ2n) is 5.07. The van der Waals surface area contributed by atoms with Crippen LogP contribution in [0.5, 0.6) is 5.75 Å². The van der Waals surface area contributed by atoms with Crippen molar-refractivity contribution in [1.82, 2.24) is 0 Å². The van der Waals surface area contributed by atoms with Crippen LogP contribution >= 0.6 is 0 Å². The molecule has 2 aromatic rings. The molecule has 0 saturated carbocycles. The number of halogens is 4. The summed E-state index contributed by atoms with van der Waals surface area (Å²) in [5.74, 6) is -1.88. The zero-order chi connectivity index (χ0) is 16.9. The molecular formula is C18H16F4O. The quantitative estimate of drug-likeness (QED) is 0.365. The second-order valence-corrected chi connectivity index (χ2v) is 5.07. The molecule has 0 amide bonds. The van der Waals surface area contributed by atoms with E-state index in [1.54, 1.807) is 0 Å². The highest BCUT2D eigenvalue weighted by molar-refractivity contribution is 5.64. The molecule has 0 fully saturated rings. The van der Waals surface area contributed by atoms with Gasteiger partial charge in [0.05, 0.1) is 0 Å². The Morgan fingerprint density at radius 2 is 1.65 bits per heavy atom. The van der Waals surface area contributed by atoms with Crippen molar-refractivity contribution in [2.24, 2.45) is 0 Å². The lowest BCUT2D eigenvalue weighted by molar-refractivity contribution is -0.275. The molecule has 2 rings (SSSR count). The fourth-order valence-electron chi connectivity index (χ4n) is 2.20. The largest absolute Gasteiger partial charge is 0.573 e. The zero-order valence-corrected chi connectivity index (χ0v) is 12.4. The maximum absolute atomic E-state index is 13.7. The Bertz CT molecular complexity index is 660. The first-order chi connectivity index (χ1) is 10.9. The maximum atomic E-state index is 13.7. The van der Waals surface area contributed by atoms with Gasteiger partial charge < -0.3 is 4.74 Å². The van der Waals surface area contributed by atoms with Gasteiger partial charge in [-0.05, 0) is 48.1 Å². The van der Waals surface area contributed by atoms with Crippen LogP contribution in [-0.4, -0.2) is 6.36 Å². The van der Waals surface area contributed by atoms with Crippen LogP contribution in [0.4, 0.5) is 17.6 Å². The predicted octanol–water partition coefficient (Wildman–Crippen LogP) is 5.90. The molecule has 23 heavy (non-hydrogen) atoms. The van der Waals surface area contributed by atoms with Gasteiger partial charge in [-0.15, -0.1) is 19.8 Å². The molecule has 0 aromatic heterocycles. The van der Waals surface area contributed by atoms with Crippen LogP contribution in [0.1, 0.15) is 18.4 Å². The van der Waals surface area contributed by atoms with Gasteiger partial charge in [0.25, 0.3) is 0 Å². The molecule has 0 aliphatic heterocycles. The van der Waals surface area contributed by atoms with Crippen LogP contribution in [0.25, 0.3) is 11.1 Å². The van der Waals surface area contributed by atoms with Crippen LogP contribution in [-0.2, 0) is 6.42 Å². The summed E-state index contributed by atoms with van der Waals surface area (Å²) in [5, 5.41) is 0. The van der Waals surface area contributed by atoms with E-state index in [1.807, 2.05) is 30.3 Å². The van der Waals surface area contributed by atoms with Gasteiger partial charge in [0.2, 0.25) is 0 Å². The number of hydrogen-bond acceptors (Lipinski definition) is 1. The molecular weight excluding hydrogens is 308 g/mol. The first-order valence-corrected chi connectivity index (χ1v) is 7.14. The Morgan fingerprint density at radius 1 is 1.00 bits per heavy atom. The monoisotopic (exact) mass is 324 g/mol. The standard InChI is InChI=1S/C18H16F4O/c1-2-3-4-5-13-6-8-14(9-7-13)15-10-11-17(16(19)12-15)23-18(20,21)22/h2,6-12H,1,3-5H2. The molecule has 0 bridgehead atoms. The fraction of sp³-hybridized carbons (Fsp3) is 0.222. The molecule has 0 N–H and O–H groups in total. The number of rotatable bonds is 6. The summed E-state index contributed by atoms with van der Waals surface area (Å²) in [6.07, 6.45) is -0.190. The van der Waals surface area contributed by atoms with E-state index in [0.29, 0.717) is 5.56 Å². The molecule has 0 aliphatic rings. The molecule has 0 spiro atoms. The molecule has 0 heterocycles. The first-order valence-electron chi connectivity index (χ1n) is 7.14. The summed E-state index contributed by atoms with van der Waals surface area (Å²) >= 11 is 0. The van der Waals surface area contributed by atoms with E-state index in [4.69, 9.17) is 0 Å². The van der Waals surface area contributed by atoms with E-state index in [9.17, 15) is 17.6 Å². The highest BCUT2D eigenvalue weighted by atomic mass is 19.4. The number of allylic oxidation sites excluding steroid dienone is 1. The van der Waals surface area contributed by atoms with E-state index in [-0.39, 0.29) is 0 Å². The number of aryl methyl sites for hydroxylation is 1. The summed E-state index contributed by atoms with van der Waals surface area (Å²) in [4.78, 5) is 0. The van der Waals surface area contributed by atoms with Crippen LogP contribution in [0.2, 0.25) is 0 Å². The molecule has 0 saturated heterocycles. The van der Waals surface area contributed by atoms with Gasteiger partial charge in [-0.2, -0.15) is 0 Å². The Labute approximate surface area is 132 Å². The van der Waals surface area contributed by atoms with Gasteiger partial charge in [-0.25, -0.2) is 4.39 Å². The molecule has 5 heteroatoms. The molecule has 0 radical (unpaired) electrons. The smallest absolute Gasteiger partial charge is 0.403 e. The van der Waals surface area contributed by atoms with Crippen molar-refractivity contribution in [2.75, 3.05) is 0 Å². The van der Waals surface area contributed by atoms with Crippen molar-refractivity contribution < 1.29 is 22.3 Å². The number of unbranched alkanes of at least 4 members (excludes halogenated alkanes) is 1. The van der Waals surface area contributed by atoms with Crippen molar-refractivity contribution in [3.63, 3.8) is 0 Å². The predicted molar refractivity (Wildman–Crippen MR) is 81.7 cm³/mol. The minimum absolute atomic E-state index is 0.495. The van der Waals surface area contributed by atoms with Crippen LogP contribution in [0.15, 0.2) is 55.1 Å².